The van der Waals surface area contributed by atoms with Gasteiger partial charge >= 0.3 is 0 Å². The average Bonchev–Trinajstić information content (AvgIpc) is 3.17. The van der Waals surface area contributed by atoms with Gasteiger partial charge in [0, 0.05) is 30.7 Å². The molecule has 0 saturated heterocycles. The Morgan fingerprint density at radius 3 is 2.68 bits per heavy atom. The van der Waals surface area contributed by atoms with Crippen molar-refractivity contribution in [2.24, 2.45) is 0 Å². The summed E-state index contributed by atoms with van der Waals surface area (Å²) in [4.78, 5) is 12.0. The Morgan fingerprint density at radius 2 is 1.95 bits per heavy atom. The van der Waals surface area contributed by atoms with Crippen LogP contribution in [0.15, 0.2) is 51.5 Å². The van der Waals surface area contributed by atoms with Crippen molar-refractivity contribution in [1.82, 2.24) is 15.6 Å². The highest BCUT2D eigenvalue weighted by atomic mass is 16.5. The number of hydrogen-bond donors (Lipinski definition) is 1. The van der Waals surface area contributed by atoms with Crippen molar-refractivity contribution in [1.29, 1.82) is 0 Å². The number of carbonyl (C=O) groups excluding carboxylic acids is 1. The number of amides is 1. The van der Waals surface area contributed by atoms with Crippen molar-refractivity contribution >= 4 is 5.91 Å². The van der Waals surface area contributed by atoms with E-state index in [-0.39, 0.29) is 11.6 Å². The van der Waals surface area contributed by atoms with E-state index in [1.807, 2.05) is 43.3 Å². The molecule has 112 valence electrons. The molecule has 22 heavy (non-hydrogen) atoms. The zero-order valence-corrected chi connectivity index (χ0v) is 12.1. The van der Waals surface area contributed by atoms with Crippen LogP contribution >= 0.6 is 0 Å². The Kier molecular flexibility index (Phi) is 4.00. The molecule has 0 aliphatic heterocycles. The van der Waals surface area contributed by atoms with Gasteiger partial charge in [-0.3, -0.25) is 4.79 Å². The second kappa shape index (κ2) is 6.26. The fourth-order valence-electron chi connectivity index (χ4n) is 2.04. The topological polar surface area (TPSA) is 81.2 Å². The van der Waals surface area contributed by atoms with Gasteiger partial charge in [-0.15, -0.1) is 0 Å². The zero-order valence-electron chi connectivity index (χ0n) is 12.1. The van der Waals surface area contributed by atoms with E-state index in [1.54, 1.807) is 6.07 Å². The maximum atomic E-state index is 12.0. The highest BCUT2D eigenvalue weighted by Crippen LogP contribution is 2.19. The number of carbonyl (C=O) groups is 1. The first-order chi connectivity index (χ1) is 10.7. The van der Waals surface area contributed by atoms with Gasteiger partial charge < -0.3 is 14.4 Å². The van der Waals surface area contributed by atoms with E-state index in [2.05, 4.69) is 15.6 Å². The van der Waals surface area contributed by atoms with Gasteiger partial charge in [0.1, 0.15) is 5.76 Å². The number of nitrogens with zero attached hydrogens (tertiary/aromatic N) is 2. The summed E-state index contributed by atoms with van der Waals surface area (Å²) < 4.78 is 10.3. The summed E-state index contributed by atoms with van der Waals surface area (Å²) in [6, 6.07) is 13.0. The smallest absolute Gasteiger partial charge is 0.273 e. The summed E-state index contributed by atoms with van der Waals surface area (Å²) in [5.74, 6) is 1.03. The van der Waals surface area contributed by atoms with Crippen LogP contribution in [0.2, 0.25) is 0 Å². The van der Waals surface area contributed by atoms with E-state index >= 15 is 0 Å². The lowest BCUT2D eigenvalue weighted by Crippen LogP contribution is -2.25. The van der Waals surface area contributed by atoms with E-state index < -0.39 is 0 Å². The Bertz CT molecular complexity index is 762. The molecule has 0 aliphatic carbocycles. The van der Waals surface area contributed by atoms with Gasteiger partial charge in [-0.1, -0.05) is 40.6 Å². The number of nitrogens with one attached hydrogen (secondary N) is 1. The van der Waals surface area contributed by atoms with Crippen LogP contribution in [0.3, 0.4) is 0 Å². The fraction of sp³-hybridized carbons (Fsp3) is 0.188. The fourth-order valence-corrected chi connectivity index (χ4v) is 2.04. The Morgan fingerprint density at radius 1 is 1.14 bits per heavy atom. The second-order valence-electron chi connectivity index (χ2n) is 4.88. The first kappa shape index (κ1) is 14.1. The van der Waals surface area contributed by atoms with Crippen molar-refractivity contribution in [3.05, 3.63) is 59.6 Å². The number of hydrogen-bond acceptors (Lipinski definition) is 5. The standard InChI is InChI=1S/C16H15N3O3/c1-11-9-13(21-18-11)7-8-17-16(20)14-10-15(22-19-14)12-5-3-2-4-6-12/h2-6,9-10H,7-8H2,1H3,(H,17,20). The maximum absolute atomic E-state index is 12.0. The van der Waals surface area contributed by atoms with Crippen LogP contribution in [0.5, 0.6) is 0 Å². The lowest BCUT2D eigenvalue weighted by Gasteiger charge is -1.99. The first-order valence-corrected chi connectivity index (χ1v) is 6.95. The van der Waals surface area contributed by atoms with Crippen molar-refractivity contribution in [2.75, 3.05) is 6.54 Å². The summed E-state index contributed by atoms with van der Waals surface area (Å²) in [6.07, 6.45) is 0.579. The summed E-state index contributed by atoms with van der Waals surface area (Å²) >= 11 is 0. The highest BCUT2D eigenvalue weighted by molar-refractivity contribution is 5.93. The minimum absolute atomic E-state index is 0.257. The SMILES string of the molecule is Cc1cc(CCNC(=O)c2cc(-c3ccccc3)on2)on1. The molecular weight excluding hydrogens is 282 g/mol. The molecule has 0 saturated carbocycles. The molecule has 0 spiro atoms. The van der Waals surface area contributed by atoms with Crippen LogP contribution in [0.4, 0.5) is 0 Å². The molecule has 3 rings (SSSR count). The molecule has 1 aromatic carbocycles. The number of rotatable bonds is 5. The molecule has 6 heteroatoms. The highest BCUT2D eigenvalue weighted by Gasteiger charge is 2.13. The third-order valence-corrected chi connectivity index (χ3v) is 3.13. The van der Waals surface area contributed by atoms with Crippen molar-refractivity contribution in [2.45, 2.75) is 13.3 Å². The monoisotopic (exact) mass is 297 g/mol. The lowest BCUT2D eigenvalue weighted by atomic mass is 10.1. The van der Waals surface area contributed by atoms with Crippen LogP contribution in [0.25, 0.3) is 11.3 Å². The normalized spacial score (nSPS) is 10.6. The first-order valence-electron chi connectivity index (χ1n) is 6.95. The molecule has 0 fully saturated rings. The molecule has 0 atom stereocenters. The number of aryl methyl sites for hydroxylation is 1. The van der Waals surface area contributed by atoms with Gasteiger partial charge in [-0.05, 0) is 6.92 Å². The molecule has 1 amide bonds. The van der Waals surface area contributed by atoms with Crippen LogP contribution in [0.1, 0.15) is 21.9 Å². The predicted octanol–water partition coefficient (Wildman–Crippen LogP) is 2.61. The van der Waals surface area contributed by atoms with E-state index in [0.29, 0.717) is 18.7 Å². The van der Waals surface area contributed by atoms with Crippen LogP contribution in [-0.4, -0.2) is 22.8 Å². The van der Waals surface area contributed by atoms with E-state index in [0.717, 1.165) is 17.0 Å². The number of aromatic nitrogens is 2. The van der Waals surface area contributed by atoms with Crippen molar-refractivity contribution in [3.8, 4) is 11.3 Å². The summed E-state index contributed by atoms with van der Waals surface area (Å²) in [5.41, 5.74) is 1.96. The van der Waals surface area contributed by atoms with Crippen LogP contribution in [0, 0.1) is 6.92 Å². The van der Waals surface area contributed by atoms with E-state index in [1.165, 1.54) is 0 Å². The van der Waals surface area contributed by atoms with Gasteiger partial charge in [-0.25, -0.2) is 0 Å². The molecule has 6 nitrogen and oxygen atoms in total. The van der Waals surface area contributed by atoms with Gasteiger partial charge in [0.25, 0.3) is 5.91 Å². The Hall–Kier alpha value is -2.89. The zero-order chi connectivity index (χ0) is 15.4. The average molecular weight is 297 g/mol. The summed E-state index contributed by atoms with van der Waals surface area (Å²) in [6.45, 7) is 2.30. The van der Waals surface area contributed by atoms with Crippen molar-refractivity contribution in [3.63, 3.8) is 0 Å². The van der Waals surface area contributed by atoms with Gasteiger partial charge in [0.05, 0.1) is 5.69 Å². The van der Waals surface area contributed by atoms with Gasteiger partial charge in [-0.2, -0.15) is 0 Å². The quantitative estimate of drug-likeness (QED) is 0.783. The Labute approximate surface area is 127 Å². The molecule has 2 heterocycles. The predicted molar refractivity (Wildman–Crippen MR) is 79.2 cm³/mol. The van der Waals surface area contributed by atoms with Gasteiger partial charge in [0.2, 0.25) is 0 Å². The molecular formula is C16H15N3O3. The molecule has 0 bridgehead atoms. The molecule has 0 unspecified atom stereocenters. The van der Waals surface area contributed by atoms with E-state index in [9.17, 15) is 4.79 Å². The molecule has 0 radical (unpaired) electrons. The maximum Gasteiger partial charge on any atom is 0.273 e. The lowest BCUT2D eigenvalue weighted by molar-refractivity contribution is 0.0944. The summed E-state index contributed by atoms with van der Waals surface area (Å²) in [5, 5.41) is 10.4. The molecule has 1 N–H and O–H groups in total. The minimum Gasteiger partial charge on any atom is -0.361 e. The number of benzene rings is 1. The molecule has 2 aromatic heterocycles. The largest absolute Gasteiger partial charge is 0.361 e. The minimum atomic E-state index is -0.276. The van der Waals surface area contributed by atoms with Gasteiger partial charge in [0.15, 0.2) is 11.5 Å². The third-order valence-electron chi connectivity index (χ3n) is 3.13. The third kappa shape index (κ3) is 3.22. The Balaban J connectivity index is 1.58. The van der Waals surface area contributed by atoms with Crippen LogP contribution < -0.4 is 5.32 Å². The van der Waals surface area contributed by atoms with E-state index in [4.69, 9.17) is 9.05 Å². The second-order valence-corrected chi connectivity index (χ2v) is 4.88. The van der Waals surface area contributed by atoms with Crippen LogP contribution in [-0.2, 0) is 6.42 Å². The molecule has 0 aliphatic rings. The molecule has 3 aromatic rings. The van der Waals surface area contributed by atoms with Crippen molar-refractivity contribution < 1.29 is 13.8 Å². The summed E-state index contributed by atoms with van der Waals surface area (Å²) in [7, 11) is 0.